The molecule has 0 unspecified atom stereocenters. The van der Waals surface area contributed by atoms with E-state index in [-0.39, 0.29) is 12.2 Å². The van der Waals surface area contributed by atoms with Crippen molar-refractivity contribution in [3.63, 3.8) is 0 Å². The van der Waals surface area contributed by atoms with Crippen LogP contribution in [0.4, 0.5) is 0 Å². The summed E-state index contributed by atoms with van der Waals surface area (Å²) in [4.78, 5) is 22.6. The van der Waals surface area contributed by atoms with E-state index in [9.17, 15) is 9.59 Å². The van der Waals surface area contributed by atoms with Crippen LogP contribution in [-0.4, -0.2) is 18.4 Å². The maximum Gasteiger partial charge on any atom is 0.379 e. The van der Waals surface area contributed by atoms with Gasteiger partial charge < -0.3 is 4.74 Å². The fraction of sp³-hybridized carbons (Fsp3) is 0.167. The number of rotatable bonds is 6. The van der Waals surface area contributed by atoms with Gasteiger partial charge in [-0.25, -0.2) is 4.79 Å². The van der Waals surface area contributed by atoms with Gasteiger partial charge in [-0.15, -0.1) is 0 Å². The molecule has 3 nitrogen and oxygen atoms in total. The molecule has 0 aliphatic carbocycles. The van der Waals surface area contributed by atoms with Crippen LogP contribution in [0.2, 0.25) is 0 Å². The second-order valence-electron chi connectivity index (χ2n) is 2.50. The van der Waals surface area contributed by atoms with Crippen LogP contribution in [0.1, 0.15) is 6.92 Å². The number of hydrogen-bond donors (Lipinski definition) is 0. The van der Waals surface area contributed by atoms with Gasteiger partial charge in [0.25, 0.3) is 5.78 Å². The summed E-state index contributed by atoms with van der Waals surface area (Å²) < 4.78 is 4.59. The van der Waals surface area contributed by atoms with Gasteiger partial charge in [-0.2, -0.15) is 0 Å². The van der Waals surface area contributed by atoms with Crippen LogP contribution in [0.15, 0.2) is 49.1 Å². The molecule has 0 N–H and O–H groups in total. The van der Waals surface area contributed by atoms with Crippen molar-refractivity contribution in [2.45, 2.75) is 6.92 Å². The van der Waals surface area contributed by atoms with Crippen LogP contribution >= 0.6 is 0 Å². The Balaban J connectivity index is 4.78. The molecule has 3 heteroatoms. The summed E-state index contributed by atoms with van der Waals surface area (Å²) in [6, 6.07) is 0. The Kier molecular flexibility index (Phi) is 6.55. The van der Waals surface area contributed by atoms with E-state index in [4.69, 9.17) is 0 Å². The topological polar surface area (TPSA) is 43.4 Å². The molecule has 0 aliphatic rings. The van der Waals surface area contributed by atoms with Crippen LogP contribution < -0.4 is 0 Å². The Labute approximate surface area is 89.4 Å². The second kappa shape index (κ2) is 7.50. The van der Waals surface area contributed by atoms with E-state index >= 15 is 0 Å². The fourth-order valence-electron chi connectivity index (χ4n) is 0.820. The fourth-order valence-corrected chi connectivity index (χ4v) is 0.820. The number of allylic oxidation sites excluding steroid dienone is 5. The standard InChI is InChI=1S/C12H14O3/c1-4-7-9-10(8-5-2)11(13)12(14)15-6-3/h4-5,7-9H,1-2,6H2,3H3/b9-7-,10-8+. The normalized spacial score (nSPS) is 11.1. The largest absolute Gasteiger partial charge is 0.460 e. The van der Waals surface area contributed by atoms with Crippen LogP contribution in [0.3, 0.4) is 0 Å². The smallest absolute Gasteiger partial charge is 0.379 e. The highest BCUT2D eigenvalue weighted by molar-refractivity contribution is 6.41. The van der Waals surface area contributed by atoms with Crippen molar-refractivity contribution in [2.24, 2.45) is 0 Å². The van der Waals surface area contributed by atoms with Crippen molar-refractivity contribution in [2.75, 3.05) is 6.61 Å². The van der Waals surface area contributed by atoms with E-state index < -0.39 is 11.8 Å². The van der Waals surface area contributed by atoms with Crippen LogP contribution in [0.5, 0.6) is 0 Å². The van der Waals surface area contributed by atoms with E-state index in [1.807, 2.05) is 0 Å². The number of ketones is 1. The van der Waals surface area contributed by atoms with Crippen molar-refractivity contribution in [3.05, 3.63) is 49.1 Å². The molecule has 0 amide bonds. The zero-order valence-electron chi connectivity index (χ0n) is 8.73. The minimum atomic E-state index is -0.862. The van der Waals surface area contributed by atoms with Crippen molar-refractivity contribution in [1.29, 1.82) is 0 Å². The van der Waals surface area contributed by atoms with Crippen molar-refractivity contribution in [3.8, 4) is 0 Å². The summed E-state index contributed by atoms with van der Waals surface area (Å²) in [6.07, 6.45) is 7.43. The first-order chi connectivity index (χ1) is 7.17. The van der Waals surface area contributed by atoms with Gasteiger partial charge in [0.1, 0.15) is 0 Å². The van der Waals surface area contributed by atoms with E-state index in [1.165, 1.54) is 24.3 Å². The maximum absolute atomic E-state index is 11.5. The molecule has 0 bridgehead atoms. The molecular weight excluding hydrogens is 192 g/mol. The summed E-state index contributed by atoms with van der Waals surface area (Å²) in [5.74, 6) is -1.55. The van der Waals surface area contributed by atoms with Gasteiger partial charge >= 0.3 is 5.97 Å². The third-order valence-electron chi connectivity index (χ3n) is 1.43. The lowest BCUT2D eigenvalue weighted by Gasteiger charge is -2.00. The number of ether oxygens (including phenoxy) is 1. The van der Waals surface area contributed by atoms with Crippen molar-refractivity contribution >= 4 is 11.8 Å². The summed E-state index contributed by atoms with van der Waals surface area (Å²) in [5, 5.41) is 0. The molecule has 0 saturated heterocycles. The molecule has 0 heterocycles. The third kappa shape index (κ3) is 4.76. The van der Waals surface area contributed by atoms with Crippen molar-refractivity contribution in [1.82, 2.24) is 0 Å². The van der Waals surface area contributed by atoms with Gasteiger partial charge in [-0.05, 0) is 6.92 Å². The Bertz CT molecular complexity index is 322. The second-order valence-corrected chi connectivity index (χ2v) is 2.50. The summed E-state index contributed by atoms with van der Waals surface area (Å²) in [6.45, 7) is 8.74. The van der Waals surface area contributed by atoms with Crippen LogP contribution in [0, 0.1) is 0 Å². The highest BCUT2D eigenvalue weighted by atomic mass is 16.5. The molecule has 0 aromatic heterocycles. The lowest BCUT2D eigenvalue weighted by molar-refractivity contribution is -0.151. The number of esters is 1. The average molecular weight is 206 g/mol. The summed E-state index contributed by atoms with van der Waals surface area (Å²) >= 11 is 0. The monoisotopic (exact) mass is 206 g/mol. The predicted octanol–water partition coefficient (Wildman–Crippen LogP) is 1.97. The average Bonchev–Trinajstić information content (AvgIpc) is 2.23. The maximum atomic E-state index is 11.5. The van der Waals surface area contributed by atoms with Gasteiger partial charge in [-0.1, -0.05) is 43.5 Å². The van der Waals surface area contributed by atoms with E-state index in [0.717, 1.165) is 0 Å². The Morgan fingerprint density at radius 1 is 1.27 bits per heavy atom. The molecule has 80 valence electrons. The zero-order chi connectivity index (χ0) is 11.7. The Morgan fingerprint density at radius 3 is 2.40 bits per heavy atom. The first kappa shape index (κ1) is 13.1. The van der Waals surface area contributed by atoms with Gasteiger partial charge in [0.2, 0.25) is 0 Å². The first-order valence-electron chi connectivity index (χ1n) is 4.50. The van der Waals surface area contributed by atoms with Gasteiger partial charge in [-0.3, -0.25) is 4.79 Å². The molecule has 0 saturated carbocycles. The predicted molar refractivity (Wildman–Crippen MR) is 59.3 cm³/mol. The summed E-state index contributed by atoms with van der Waals surface area (Å²) in [7, 11) is 0. The zero-order valence-corrected chi connectivity index (χ0v) is 8.73. The highest BCUT2D eigenvalue weighted by Gasteiger charge is 2.17. The number of carbonyl (C=O) groups excluding carboxylic acids is 2. The molecule has 0 rings (SSSR count). The van der Waals surface area contributed by atoms with Gasteiger partial charge in [0.05, 0.1) is 6.61 Å². The lowest BCUT2D eigenvalue weighted by atomic mass is 10.1. The molecule has 0 spiro atoms. The number of hydrogen-bond acceptors (Lipinski definition) is 3. The lowest BCUT2D eigenvalue weighted by Crippen LogP contribution is -2.18. The molecule has 15 heavy (non-hydrogen) atoms. The number of Topliss-reactive ketones (excluding diaryl/α,β-unsaturated/α-hetero) is 1. The van der Waals surface area contributed by atoms with Crippen LogP contribution in [-0.2, 0) is 14.3 Å². The highest BCUT2D eigenvalue weighted by Crippen LogP contribution is 2.02. The molecule has 0 aromatic carbocycles. The SMILES string of the molecule is C=C/C=C\C(=C/C=C)C(=O)C(=O)OCC. The summed E-state index contributed by atoms with van der Waals surface area (Å²) in [5.41, 5.74) is 0.225. The quantitative estimate of drug-likeness (QED) is 0.289. The molecule has 0 fully saturated rings. The van der Waals surface area contributed by atoms with Gasteiger partial charge in [0.15, 0.2) is 0 Å². The minimum Gasteiger partial charge on any atom is -0.460 e. The molecular formula is C12H14O3. The molecule has 0 atom stereocenters. The minimum absolute atomic E-state index is 0.178. The van der Waals surface area contributed by atoms with Crippen LogP contribution in [0.25, 0.3) is 0 Å². The van der Waals surface area contributed by atoms with E-state index in [1.54, 1.807) is 13.0 Å². The molecule has 0 aromatic rings. The number of carbonyl (C=O) groups is 2. The third-order valence-corrected chi connectivity index (χ3v) is 1.43. The van der Waals surface area contributed by atoms with E-state index in [2.05, 4.69) is 17.9 Å². The molecule has 0 radical (unpaired) electrons. The first-order valence-corrected chi connectivity index (χ1v) is 4.50. The van der Waals surface area contributed by atoms with Crippen molar-refractivity contribution < 1.29 is 14.3 Å². The molecule has 0 aliphatic heterocycles. The Hall–Kier alpha value is -1.90. The van der Waals surface area contributed by atoms with Gasteiger partial charge in [0, 0.05) is 5.57 Å². The Morgan fingerprint density at radius 2 is 1.93 bits per heavy atom. The van der Waals surface area contributed by atoms with E-state index in [0.29, 0.717) is 0 Å².